The lowest BCUT2D eigenvalue weighted by Gasteiger charge is -1.99. The molecule has 62 valence electrons. The Kier molecular flexibility index (Phi) is 1.75. The van der Waals surface area contributed by atoms with Crippen LogP contribution in [0.2, 0.25) is 5.15 Å². The molecule has 12 heavy (non-hydrogen) atoms. The van der Waals surface area contributed by atoms with Gasteiger partial charge in [-0.1, -0.05) is 17.7 Å². The van der Waals surface area contributed by atoms with Gasteiger partial charge >= 0.3 is 0 Å². The molecule has 2 rings (SSSR count). The molecule has 4 heteroatoms. The summed E-state index contributed by atoms with van der Waals surface area (Å²) in [6, 6.07) is 5.49. The van der Waals surface area contributed by atoms with Crippen molar-refractivity contribution < 1.29 is 5.11 Å². The van der Waals surface area contributed by atoms with E-state index in [2.05, 4.69) is 4.98 Å². The molecule has 0 unspecified atom stereocenters. The minimum Gasteiger partial charge on any atom is -0.388 e. The Bertz CT molecular complexity index is 410. The van der Waals surface area contributed by atoms with E-state index in [-0.39, 0.29) is 6.61 Å². The highest BCUT2D eigenvalue weighted by Crippen LogP contribution is 2.14. The Hall–Kier alpha value is -1.06. The molecule has 0 atom stereocenters. The molecule has 0 radical (unpaired) electrons. The van der Waals surface area contributed by atoms with E-state index in [1.165, 1.54) is 0 Å². The maximum absolute atomic E-state index is 8.91. The zero-order chi connectivity index (χ0) is 8.55. The molecule has 2 aromatic rings. The average Bonchev–Trinajstić information content (AvgIpc) is 2.49. The predicted molar refractivity (Wildman–Crippen MR) is 46.1 cm³/mol. The fourth-order valence-corrected chi connectivity index (χ4v) is 1.45. The van der Waals surface area contributed by atoms with Gasteiger partial charge in [0, 0.05) is 0 Å². The number of pyridine rings is 1. The predicted octanol–water partition coefficient (Wildman–Crippen LogP) is 1.48. The number of fused-ring (bicyclic) bond motifs is 1. The highest BCUT2D eigenvalue weighted by atomic mass is 35.5. The number of aromatic nitrogens is 2. The van der Waals surface area contributed by atoms with E-state index in [9.17, 15) is 0 Å². The minimum atomic E-state index is -0.0993. The van der Waals surface area contributed by atoms with E-state index in [0.29, 0.717) is 11.0 Å². The summed E-state index contributed by atoms with van der Waals surface area (Å²) < 4.78 is 1.71. The van der Waals surface area contributed by atoms with Crippen LogP contribution in [0.25, 0.3) is 5.52 Å². The van der Waals surface area contributed by atoms with Gasteiger partial charge in [0.15, 0.2) is 0 Å². The molecular weight excluding hydrogens is 176 g/mol. The summed E-state index contributed by atoms with van der Waals surface area (Å²) >= 11 is 5.89. The van der Waals surface area contributed by atoms with Crippen LogP contribution in [0, 0.1) is 0 Å². The number of hydrogen-bond acceptors (Lipinski definition) is 2. The van der Waals surface area contributed by atoms with Crippen LogP contribution >= 0.6 is 11.6 Å². The maximum atomic E-state index is 8.91. The molecule has 2 aromatic heterocycles. The normalized spacial score (nSPS) is 10.8. The first-order valence-corrected chi connectivity index (χ1v) is 3.92. The van der Waals surface area contributed by atoms with E-state index in [4.69, 9.17) is 16.7 Å². The van der Waals surface area contributed by atoms with Crippen LogP contribution in [0.3, 0.4) is 0 Å². The number of aliphatic hydroxyl groups is 1. The first kappa shape index (κ1) is 7.58. The van der Waals surface area contributed by atoms with Crippen molar-refractivity contribution >= 4 is 17.1 Å². The van der Waals surface area contributed by atoms with Gasteiger partial charge in [-0.3, -0.25) is 4.40 Å². The van der Waals surface area contributed by atoms with Crippen LogP contribution < -0.4 is 0 Å². The Morgan fingerprint density at radius 2 is 2.33 bits per heavy atom. The summed E-state index contributed by atoms with van der Waals surface area (Å²) in [6.45, 7) is -0.0993. The van der Waals surface area contributed by atoms with Crippen molar-refractivity contribution in [1.82, 2.24) is 9.38 Å². The van der Waals surface area contributed by atoms with E-state index >= 15 is 0 Å². The number of halogens is 1. The number of rotatable bonds is 1. The molecule has 0 amide bonds. The molecule has 0 saturated heterocycles. The van der Waals surface area contributed by atoms with Gasteiger partial charge in [-0.25, -0.2) is 4.98 Å². The molecule has 0 bridgehead atoms. The summed E-state index contributed by atoms with van der Waals surface area (Å²) in [5, 5.41) is 9.47. The Balaban J connectivity index is 2.83. The van der Waals surface area contributed by atoms with Gasteiger partial charge in [-0.15, -0.1) is 0 Å². The van der Waals surface area contributed by atoms with E-state index in [1.807, 2.05) is 12.1 Å². The van der Waals surface area contributed by atoms with Gasteiger partial charge in [0.05, 0.1) is 11.7 Å². The Morgan fingerprint density at radius 3 is 3.08 bits per heavy atom. The smallest absolute Gasteiger partial charge is 0.140 e. The summed E-state index contributed by atoms with van der Waals surface area (Å²) in [5.74, 6) is 0.565. The number of aliphatic hydroxyl groups excluding tert-OH is 1. The van der Waals surface area contributed by atoms with Crippen LogP contribution in [-0.2, 0) is 6.61 Å². The van der Waals surface area contributed by atoms with E-state index in [1.54, 1.807) is 16.7 Å². The fourth-order valence-electron chi connectivity index (χ4n) is 1.18. The highest BCUT2D eigenvalue weighted by molar-refractivity contribution is 6.29. The van der Waals surface area contributed by atoms with Crippen LogP contribution in [0.1, 0.15) is 5.82 Å². The van der Waals surface area contributed by atoms with Gasteiger partial charge in [0.1, 0.15) is 17.6 Å². The van der Waals surface area contributed by atoms with Crippen LogP contribution in [0.4, 0.5) is 0 Å². The van der Waals surface area contributed by atoms with Crippen LogP contribution in [0.5, 0.6) is 0 Å². The second-order valence-corrected chi connectivity index (χ2v) is 2.83. The third-order valence-corrected chi connectivity index (χ3v) is 2.01. The van der Waals surface area contributed by atoms with Crippen LogP contribution in [0.15, 0.2) is 24.4 Å². The zero-order valence-corrected chi connectivity index (χ0v) is 6.99. The van der Waals surface area contributed by atoms with Crippen molar-refractivity contribution in [1.29, 1.82) is 0 Å². The van der Waals surface area contributed by atoms with Gasteiger partial charge in [0.2, 0.25) is 0 Å². The molecule has 0 aliphatic heterocycles. The van der Waals surface area contributed by atoms with E-state index in [0.717, 1.165) is 5.52 Å². The summed E-state index contributed by atoms with van der Waals surface area (Å²) in [7, 11) is 0. The molecule has 0 saturated carbocycles. The molecule has 0 fully saturated rings. The molecule has 3 nitrogen and oxygen atoms in total. The average molecular weight is 183 g/mol. The van der Waals surface area contributed by atoms with Crippen molar-refractivity contribution in [3.8, 4) is 0 Å². The lowest BCUT2D eigenvalue weighted by atomic mass is 10.4. The number of nitrogens with zero attached hydrogens (tertiary/aromatic N) is 2. The number of imidazole rings is 1. The first-order chi connectivity index (χ1) is 5.83. The molecule has 0 aliphatic rings. The van der Waals surface area contributed by atoms with Crippen molar-refractivity contribution in [2.75, 3.05) is 0 Å². The third kappa shape index (κ3) is 0.983. The third-order valence-electron chi connectivity index (χ3n) is 1.72. The van der Waals surface area contributed by atoms with Gasteiger partial charge in [-0.2, -0.15) is 0 Å². The Labute approximate surface area is 74.2 Å². The summed E-state index contributed by atoms with van der Waals surface area (Å²) in [4.78, 5) is 4.00. The van der Waals surface area contributed by atoms with Gasteiger partial charge in [0.25, 0.3) is 0 Å². The fraction of sp³-hybridized carbons (Fsp3) is 0.125. The van der Waals surface area contributed by atoms with Crippen molar-refractivity contribution in [3.63, 3.8) is 0 Å². The topological polar surface area (TPSA) is 37.5 Å². The molecule has 0 spiro atoms. The van der Waals surface area contributed by atoms with Crippen molar-refractivity contribution in [3.05, 3.63) is 35.4 Å². The van der Waals surface area contributed by atoms with Gasteiger partial charge < -0.3 is 5.11 Å². The second kappa shape index (κ2) is 2.77. The van der Waals surface area contributed by atoms with E-state index < -0.39 is 0 Å². The lowest BCUT2D eigenvalue weighted by molar-refractivity contribution is 0.270. The molecule has 1 N–H and O–H groups in total. The molecule has 0 aliphatic carbocycles. The zero-order valence-electron chi connectivity index (χ0n) is 6.24. The summed E-state index contributed by atoms with van der Waals surface area (Å²) in [6.07, 6.45) is 1.68. The van der Waals surface area contributed by atoms with Crippen molar-refractivity contribution in [2.24, 2.45) is 0 Å². The van der Waals surface area contributed by atoms with Crippen LogP contribution in [-0.4, -0.2) is 14.5 Å². The largest absolute Gasteiger partial charge is 0.388 e. The minimum absolute atomic E-state index is 0.0993. The standard InChI is InChI=1S/C8H7ClN2O/c9-7-3-1-2-6-4-10-8(5-12)11(6)7/h1-4,12H,5H2. The Morgan fingerprint density at radius 1 is 1.50 bits per heavy atom. The highest BCUT2D eigenvalue weighted by Gasteiger charge is 2.03. The molecular formula is C8H7ClN2O. The summed E-state index contributed by atoms with van der Waals surface area (Å²) in [5.41, 5.74) is 0.895. The second-order valence-electron chi connectivity index (χ2n) is 2.44. The molecule has 2 heterocycles. The maximum Gasteiger partial charge on any atom is 0.140 e. The lowest BCUT2D eigenvalue weighted by Crippen LogP contribution is -1.94. The first-order valence-electron chi connectivity index (χ1n) is 3.54. The van der Waals surface area contributed by atoms with Crippen molar-refractivity contribution in [2.45, 2.75) is 6.61 Å². The quantitative estimate of drug-likeness (QED) is 0.679. The van der Waals surface area contributed by atoms with Gasteiger partial charge in [-0.05, 0) is 12.1 Å². The SMILES string of the molecule is OCc1ncc2cccc(Cl)n12. The molecule has 0 aromatic carbocycles. The number of hydrogen-bond donors (Lipinski definition) is 1. The monoisotopic (exact) mass is 182 g/mol.